The van der Waals surface area contributed by atoms with Crippen LogP contribution in [0.3, 0.4) is 0 Å². The van der Waals surface area contributed by atoms with Crippen LogP contribution in [0.25, 0.3) is 0 Å². The molecule has 0 aliphatic carbocycles. The summed E-state index contributed by atoms with van der Waals surface area (Å²) in [7, 11) is 0. The fourth-order valence-electron chi connectivity index (χ4n) is 5.63. The Morgan fingerprint density at radius 1 is 0.211 bits per heavy atom. The second-order valence-corrected chi connectivity index (χ2v) is 13.9. The number of hydrogen-bond acceptors (Lipinski definition) is 25. The van der Waals surface area contributed by atoms with E-state index in [-0.39, 0.29) is 5.75 Å². The summed E-state index contributed by atoms with van der Waals surface area (Å²) in [6.45, 7) is 10.6. The van der Waals surface area contributed by atoms with Crippen LogP contribution in [0, 0.1) is 0 Å². The molecule has 4 rings (SSSR count). The molecular formula is C46H40O25. The predicted octanol–water partition coefficient (Wildman–Crippen LogP) is 6.24. The summed E-state index contributed by atoms with van der Waals surface area (Å²) in [5.74, 6) is -21.5. The van der Waals surface area contributed by atoms with Crippen LogP contribution in [0.5, 0.6) is 97.7 Å². The van der Waals surface area contributed by atoms with Crippen molar-refractivity contribution in [3.05, 3.63) is 42.5 Å². The number of carbonyl (C=O) groups excluding carboxylic acids is 11. The molecule has 374 valence electrons. The maximum atomic E-state index is 12.8. The summed E-state index contributed by atoms with van der Waals surface area (Å²) in [4.78, 5) is 136. The first-order chi connectivity index (χ1) is 33.2. The lowest BCUT2D eigenvalue weighted by atomic mass is 10.2. The zero-order valence-corrected chi connectivity index (χ0v) is 39.2. The van der Waals surface area contributed by atoms with Crippen LogP contribution in [0.2, 0.25) is 0 Å². The van der Waals surface area contributed by atoms with Crippen LogP contribution < -0.4 is 66.3 Å². The summed E-state index contributed by atoms with van der Waals surface area (Å²) in [5, 5.41) is 0. The van der Waals surface area contributed by atoms with Crippen LogP contribution >= 0.6 is 0 Å². The standard InChI is InChI=1S/C46H40O25/c1-19(47)58-30-12-35(61-22(4)50)42(36(13-30)62-23(5)51)69-31-14-37(63-24(6)52)43(38(15-31)64-25(7)53)71-40-18-39(65-26(8)54)44(67-28(10)56)46(68-29(11)57)45(40)70-32-16-33(59-20(2)48)41(66-27(9)55)34(17-32)60-21(3)49/h12-18H,1-11H3. The van der Waals surface area contributed by atoms with Crippen molar-refractivity contribution >= 4 is 65.7 Å². The van der Waals surface area contributed by atoms with Gasteiger partial charge < -0.3 is 66.3 Å². The fraction of sp³-hybridized carbons (Fsp3) is 0.239. The molecule has 0 radical (unpaired) electrons. The van der Waals surface area contributed by atoms with Gasteiger partial charge in [0, 0.05) is 119 Å². The van der Waals surface area contributed by atoms with E-state index in [4.69, 9.17) is 66.3 Å². The van der Waals surface area contributed by atoms with Crippen molar-refractivity contribution in [3.63, 3.8) is 0 Å². The maximum absolute atomic E-state index is 12.8. The van der Waals surface area contributed by atoms with Crippen molar-refractivity contribution in [2.75, 3.05) is 0 Å². The van der Waals surface area contributed by atoms with Gasteiger partial charge in [0.25, 0.3) is 0 Å². The lowest BCUT2D eigenvalue weighted by Crippen LogP contribution is -2.13. The molecule has 0 aliphatic rings. The Balaban J connectivity index is 2.17. The van der Waals surface area contributed by atoms with Crippen LogP contribution in [-0.4, -0.2) is 65.7 Å². The highest BCUT2D eigenvalue weighted by Crippen LogP contribution is 2.57. The summed E-state index contributed by atoms with van der Waals surface area (Å²) in [6, 6.07) is 6.61. The second-order valence-electron chi connectivity index (χ2n) is 13.9. The highest BCUT2D eigenvalue weighted by atomic mass is 16.6. The quantitative estimate of drug-likeness (QED) is 0.0834. The molecule has 0 saturated heterocycles. The normalized spacial score (nSPS) is 10.2. The van der Waals surface area contributed by atoms with Crippen molar-refractivity contribution in [2.24, 2.45) is 0 Å². The second kappa shape index (κ2) is 23.5. The SMILES string of the molecule is CC(=O)Oc1cc(OC(C)=O)c(Oc2cc(OC(C)=O)c(Oc3cc(OC(C)=O)c(OC(C)=O)c(OC(C)=O)c3Oc3cc(OC(C)=O)c(OC(C)=O)c(OC(C)=O)c3)c(OC(C)=O)c2)c(OC(C)=O)c1. The minimum atomic E-state index is -1.13. The third-order valence-corrected chi connectivity index (χ3v) is 7.53. The molecule has 0 saturated carbocycles. The predicted molar refractivity (Wildman–Crippen MR) is 230 cm³/mol. The van der Waals surface area contributed by atoms with Crippen molar-refractivity contribution in [3.8, 4) is 97.7 Å². The first-order valence-corrected chi connectivity index (χ1v) is 20.0. The number of rotatable bonds is 17. The summed E-state index contributed by atoms with van der Waals surface area (Å²) < 4.78 is 76.7. The average Bonchev–Trinajstić information content (AvgIpc) is 3.19. The molecule has 0 fully saturated rings. The molecule has 0 N–H and O–H groups in total. The highest BCUT2D eigenvalue weighted by Gasteiger charge is 2.33. The van der Waals surface area contributed by atoms with E-state index in [9.17, 15) is 52.7 Å². The van der Waals surface area contributed by atoms with Crippen LogP contribution in [0.15, 0.2) is 42.5 Å². The maximum Gasteiger partial charge on any atom is 0.308 e. The van der Waals surface area contributed by atoms with Gasteiger partial charge in [-0.15, -0.1) is 0 Å². The topological polar surface area (TPSA) is 317 Å². The van der Waals surface area contributed by atoms with Gasteiger partial charge in [0.2, 0.25) is 34.5 Å². The van der Waals surface area contributed by atoms with Crippen molar-refractivity contribution < 1.29 is 119 Å². The van der Waals surface area contributed by atoms with E-state index in [2.05, 4.69) is 0 Å². The molecule has 0 aliphatic heterocycles. The monoisotopic (exact) mass is 992 g/mol. The Kier molecular flexibility index (Phi) is 17.9. The Labute approximate surface area is 400 Å². The van der Waals surface area contributed by atoms with E-state index in [0.29, 0.717) is 0 Å². The molecule has 0 heterocycles. The minimum Gasteiger partial charge on any atom is -0.449 e. The summed E-state index contributed by atoms with van der Waals surface area (Å²) in [6.07, 6.45) is 0. The molecule has 71 heavy (non-hydrogen) atoms. The largest absolute Gasteiger partial charge is 0.449 e. The zero-order chi connectivity index (χ0) is 53.0. The van der Waals surface area contributed by atoms with E-state index in [0.717, 1.165) is 119 Å². The van der Waals surface area contributed by atoms with Gasteiger partial charge in [-0.2, -0.15) is 0 Å². The lowest BCUT2D eigenvalue weighted by molar-refractivity contribution is -0.135. The summed E-state index contributed by atoms with van der Waals surface area (Å²) in [5.41, 5.74) is 0. The molecule has 0 aromatic heterocycles. The van der Waals surface area contributed by atoms with E-state index >= 15 is 0 Å². The van der Waals surface area contributed by atoms with Gasteiger partial charge in [-0.1, -0.05) is 0 Å². The van der Waals surface area contributed by atoms with Gasteiger partial charge in [-0.3, -0.25) is 52.7 Å². The molecule has 0 atom stereocenters. The number of esters is 11. The Morgan fingerprint density at radius 2 is 0.451 bits per heavy atom. The zero-order valence-electron chi connectivity index (χ0n) is 39.2. The minimum absolute atomic E-state index is 0.271. The molecule has 0 unspecified atom stereocenters. The molecule has 25 nitrogen and oxygen atoms in total. The Bertz CT molecular complexity index is 2780. The highest BCUT2D eigenvalue weighted by molar-refractivity contribution is 5.84. The Morgan fingerprint density at radius 3 is 0.775 bits per heavy atom. The van der Waals surface area contributed by atoms with E-state index in [1.165, 1.54) is 0 Å². The fourth-order valence-corrected chi connectivity index (χ4v) is 5.63. The number of hydrogen-bond donors (Lipinski definition) is 0. The summed E-state index contributed by atoms with van der Waals surface area (Å²) >= 11 is 0. The Hall–Kier alpha value is -9.55. The van der Waals surface area contributed by atoms with Gasteiger partial charge in [0.1, 0.15) is 17.2 Å². The van der Waals surface area contributed by atoms with Gasteiger partial charge >= 0.3 is 65.7 Å². The van der Waals surface area contributed by atoms with Crippen LogP contribution in [0.1, 0.15) is 76.2 Å². The number of carbonyl (C=O) groups is 11. The molecule has 0 amide bonds. The third-order valence-electron chi connectivity index (χ3n) is 7.53. The average molecular weight is 993 g/mol. The number of benzene rings is 4. The van der Waals surface area contributed by atoms with Gasteiger partial charge in [-0.25, -0.2) is 0 Å². The van der Waals surface area contributed by atoms with Crippen LogP contribution in [-0.2, 0) is 52.7 Å². The van der Waals surface area contributed by atoms with Crippen molar-refractivity contribution in [1.29, 1.82) is 0 Å². The van der Waals surface area contributed by atoms with E-state index in [1.807, 2.05) is 0 Å². The first-order valence-electron chi connectivity index (χ1n) is 20.0. The smallest absolute Gasteiger partial charge is 0.308 e. The van der Waals surface area contributed by atoms with Gasteiger partial charge in [-0.05, 0) is 0 Å². The molecule has 0 spiro atoms. The van der Waals surface area contributed by atoms with Gasteiger partial charge in [0.05, 0.1) is 0 Å². The van der Waals surface area contributed by atoms with Crippen molar-refractivity contribution in [1.82, 2.24) is 0 Å². The van der Waals surface area contributed by atoms with Gasteiger partial charge in [0.15, 0.2) is 46.0 Å². The van der Waals surface area contributed by atoms with E-state index < -0.39 is 158 Å². The van der Waals surface area contributed by atoms with Crippen molar-refractivity contribution in [2.45, 2.75) is 76.2 Å². The molecule has 0 bridgehead atoms. The third kappa shape index (κ3) is 15.8. The molecular weight excluding hydrogens is 952 g/mol. The molecule has 4 aromatic rings. The number of ether oxygens (including phenoxy) is 14. The molecule has 25 heteroatoms. The van der Waals surface area contributed by atoms with Crippen LogP contribution in [0.4, 0.5) is 0 Å². The first kappa shape index (κ1) is 54.1. The lowest BCUT2D eigenvalue weighted by Gasteiger charge is -2.22. The molecule has 4 aromatic carbocycles. The van der Waals surface area contributed by atoms with E-state index in [1.54, 1.807) is 0 Å².